The molecule has 0 spiro atoms. The molecule has 1 heterocycles. The Bertz CT molecular complexity index is 269. The van der Waals surface area contributed by atoms with Gasteiger partial charge in [0.05, 0.1) is 12.2 Å². The third-order valence-corrected chi connectivity index (χ3v) is 3.41. The van der Waals surface area contributed by atoms with E-state index in [4.69, 9.17) is 23.4 Å². The maximum atomic E-state index is 10.4. The molecule has 0 saturated carbocycles. The Balaban J connectivity index is 2.90. The van der Waals surface area contributed by atoms with Crippen LogP contribution in [0.2, 0.25) is 0 Å². The standard InChI is InChI=1S/C12H26O6Si/c1-12(2,3)17-9-8(13)7(6-14-4)16-11(18-19)10(9)15-5/h7-11,13H,6H2,1-5,19H3/t7-,8-,9+,10-,11-/m1/s1. The van der Waals surface area contributed by atoms with Gasteiger partial charge in [-0.25, -0.2) is 0 Å². The van der Waals surface area contributed by atoms with Gasteiger partial charge in [-0.2, -0.15) is 0 Å². The largest absolute Gasteiger partial charge is 0.402 e. The van der Waals surface area contributed by atoms with E-state index in [0.717, 1.165) is 0 Å². The summed E-state index contributed by atoms with van der Waals surface area (Å²) in [5.74, 6) is 0. The van der Waals surface area contributed by atoms with Gasteiger partial charge in [0.15, 0.2) is 6.29 Å². The first-order valence-corrected chi connectivity index (χ1v) is 7.21. The van der Waals surface area contributed by atoms with E-state index in [2.05, 4.69) is 0 Å². The lowest BCUT2D eigenvalue weighted by atomic mass is 9.97. The molecule has 114 valence electrons. The van der Waals surface area contributed by atoms with Gasteiger partial charge >= 0.3 is 0 Å². The van der Waals surface area contributed by atoms with Gasteiger partial charge in [-0.1, -0.05) is 0 Å². The van der Waals surface area contributed by atoms with Gasteiger partial charge in [0.2, 0.25) is 0 Å². The Labute approximate surface area is 117 Å². The van der Waals surface area contributed by atoms with Crippen LogP contribution in [0.5, 0.6) is 0 Å². The zero-order chi connectivity index (χ0) is 14.6. The van der Waals surface area contributed by atoms with Gasteiger partial charge in [0.25, 0.3) is 0 Å². The molecule has 0 aromatic carbocycles. The summed E-state index contributed by atoms with van der Waals surface area (Å²) in [5, 5.41) is 10.4. The van der Waals surface area contributed by atoms with Crippen molar-refractivity contribution in [3.05, 3.63) is 0 Å². The molecule has 6 nitrogen and oxygen atoms in total. The van der Waals surface area contributed by atoms with E-state index in [1.165, 1.54) is 0 Å². The predicted molar refractivity (Wildman–Crippen MR) is 73.0 cm³/mol. The molecular weight excluding hydrogens is 268 g/mol. The molecule has 0 bridgehead atoms. The topological polar surface area (TPSA) is 66.4 Å². The van der Waals surface area contributed by atoms with Crippen LogP contribution in [0.15, 0.2) is 0 Å². The van der Waals surface area contributed by atoms with Gasteiger partial charge in [0.1, 0.15) is 34.9 Å². The van der Waals surface area contributed by atoms with Gasteiger partial charge in [0, 0.05) is 14.2 Å². The molecule has 0 amide bonds. The second kappa shape index (κ2) is 7.12. The van der Waals surface area contributed by atoms with Crippen LogP contribution < -0.4 is 0 Å². The third kappa shape index (κ3) is 4.49. The molecule has 0 aromatic heterocycles. The van der Waals surface area contributed by atoms with Crippen LogP contribution in [-0.4, -0.2) is 72.7 Å². The van der Waals surface area contributed by atoms with Crippen molar-refractivity contribution in [2.24, 2.45) is 0 Å². The molecule has 0 aromatic rings. The molecule has 1 rings (SSSR count). The average molecular weight is 294 g/mol. The summed E-state index contributed by atoms with van der Waals surface area (Å²) in [7, 11) is 3.64. The first-order valence-electron chi connectivity index (χ1n) is 6.40. The maximum Gasteiger partial charge on any atom is 0.176 e. The van der Waals surface area contributed by atoms with Crippen molar-refractivity contribution in [3.8, 4) is 0 Å². The molecule has 0 unspecified atom stereocenters. The monoisotopic (exact) mass is 294 g/mol. The zero-order valence-corrected chi connectivity index (χ0v) is 14.6. The normalized spacial score (nSPS) is 36.6. The van der Waals surface area contributed by atoms with Gasteiger partial charge in [-0.3, -0.25) is 0 Å². The number of hydrogen-bond acceptors (Lipinski definition) is 6. The van der Waals surface area contributed by atoms with Crippen LogP contribution in [0.25, 0.3) is 0 Å². The quantitative estimate of drug-likeness (QED) is 0.671. The molecule has 1 aliphatic rings. The van der Waals surface area contributed by atoms with Gasteiger partial charge in [-0.05, 0) is 20.8 Å². The lowest BCUT2D eigenvalue weighted by Crippen LogP contribution is -2.62. The maximum absolute atomic E-state index is 10.4. The Morgan fingerprint density at radius 2 is 1.84 bits per heavy atom. The number of aliphatic hydroxyl groups excluding tert-OH is 1. The molecule has 0 aliphatic carbocycles. The van der Waals surface area contributed by atoms with Gasteiger partial charge < -0.3 is 28.5 Å². The van der Waals surface area contributed by atoms with Crippen molar-refractivity contribution in [1.29, 1.82) is 0 Å². The molecule has 0 radical (unpaired) electrons. The Morgan fingerprint density at radius 1 is 1.21 bits per heavy atom. The molecule has 1 aliphatic heterocycles. The molecule has 19 heavy (non-hydrogen) atoms. The Kier molecular flexibility index (Phi) is 6.38. The number of hydrogen-bond donors (Lipinski definition) is 1. The third-order valence-electron chi connectivity index (χ3n) is 2.94. The molecule has 1 saturated heterocycles. The highest BCUT2D eigenvalue weighted by molar-refractivity contribution is 5.98. The highest BCUT2D eigenvalue weighted by Crippen LogP contribution is 2.29. The minimum Gasteiger partial charge on any atom is -0.402 e. The van der Waals surface area contributed by atoms with Crippen LogP contribution in [0.1, 0.15) is 20.8 Å². The van der Waals surface area contributed by atoms with E-state index in [0.29, 0.717) is 10.5 Å². The van der Waals surface area contributed by atoms with E-state index >= 15 is 0 Å². The number of rotatable bonds is 5. The molecule has 1 N–H and O–H groups in total. The van der Waals surface area contributed by atoms with E-state index in [1.807, 2.05) is 20.8 Å². The predicted octanol–water partition coefficient (Wildman–Crippen LogP) is -0.786. The van der Waals surface area contributed by atoms with Crippen molar-refractivity contribution < 1.29 is 28.5 Å². The van der Waals surface area contributed by atoms with E-state index in [9.17, 15) is 5.11 Å². The highest BCUT2D eigenvalue weighted by Gasteiger charge is 2.47. The van der Waals surface area contributed by atoms with E-state index in [1.54, 1.807) is 14.2 Å². The van der Waals surface area contributed by atoms with Crippen molar-refractivity contribution >= 4 is 10.5 Å². The van der Waals surface area contributed by atoms with E-state index < -0.39 is 36.3 Å². The lowest BCUT2D eigenvalue weighted by Gasteiger charge is -2.45. The first-order chi connectivity index (χ1) is 8.84. The minimum atomic E-state index is -0.822. The summed E-state index contributed by atoms with van der Waals surface area (Å²) in [5.41, 5.74) is -0.396. The fraction of sp³-hybridized carbons (Fsp3) is 1.00. The lowest BCUT2D eigenvalue weighted by molar-refractivity contribution is -0.304. The zero-order valence-electron chi connectivity index (χ0n) is 12.6. The molecule has 7 heteroatoms. The number of aliphatic hydroxyl groups is 1. The fourth-order valence-electron chi connectivity index (χ4n) is 2.17. The Morgan fingerprint density at radius 3 is 2.26 bits per heavy atom. The second-order valence-corrected chi connectivity index (χ2v) is 6.09. The smallest absolute Gasteiger partial charge is 0.176 e. The summed E-state index contributed by atoms with van der Waals surface area (Å²) in [6.45, 7) is 6.08. The SMILES string of the molecule is COC[C@H]1O[C@H](O[SiH3])[C@H](OC)[C@@H](OC(C)(C)C)[C@@H]1O. The number of ether oxygens (including phenoxy) is 4. The number of methoxy groups -OCH3 is 2. The van der Waals surface area contributed by atoms with Crippen LogP contribution in [0.3, 0.4) is 0 Å². The van der Waals surface area contributed by atoms with Crippen LogP contribution in [0.4, 0.5) is 0 Å². The Hall–Kier alpha value is -0.0231. The highest BCUT2D eigenvalue weighted by atomic mass is 28.2. The van der Waals surface area contributed by atoms with E-state index in [-0.39, 0.29) is 6.61 Å². The van der Waals surface area contributed by atoms with Crippen molar-refractivity contribution in [1.82, 2.24) is 0 Å². The van der Waals surface area contributed by atoms with Crippen molar-refractivity contribution in [3.63, 3.8) is 0 Å². The fourth-order valence-corrected chi connectivity index (χ4v) is 2.55. The summed E-state index contributed by atoms with van der Waals surface area (Å²) in [6, 6.07) is 0. The van der Waals surface area contributed by atoms with Crippen molar-refractivity contribution in [2.45, 2.75) is 57.1 Å². The molecule has 5 atom stereocenters. The van der Waals surface area contributed by atoms with Crippen LogP contribution >= 0.6 is 0 Å². The minimum absolute atomic E-state index is 0.281. The average Bonchev–Trinajstić information content (AvgIpc) is 2.32. The second-order valence-electron chi connectivity index (χ2n) is 5.62. The van der Waals surface area contributed by atoms with Gasteiger partial charge in [-0.15, -0.1) is 0 Å². The first kappa shape index (κ1) is 17.0. The summed E-state index contributed by atoms with van der Waals surface area (Å²) < 4.78 is 27.5. The molecular formula is C12H26O6Si. The van der Waals surface area contributed by atoms with Crippen LogP contribution in [-0.2, 0) is 23.4 Å². The summed E-state index contributed by atoms with van der Waals surface area (Å²) in [4.78, 5) is 0. The molecule has 1 fully saturated rings. The van der Waals surface area contributed by atoms with Crippen molar-refractivity contribution in [2.75, 3.05) is 20.8 Å². The summed E-state index contributed by atoms with van der Waals surface area (Å²) >= 11 is 0. The summed E-state index contributed by atoms with van der Waals surface area (Å²) in [6.07, 6.45) is -2.81. The van der Waals surface area contributed by atoms with Crippen LogP contribution in [0, 0.1) is 0 Å².